The third-order valence-corrected chi connectivity index (χ3v) is 3.71. The minimum atomic E-state index is -0.551. The summed E-state index contributed by atoms with van der Waals surface area (Å²) in [4.78, 5) is 23.8. The van der Waals surface area contributed by atoms with Crippen LogP contribution in [0.5, 0.6) is 0 Å². The Balaban J connectivity index is 1.65. The number of carbonyl (C=O) groups excluding carboxylic acids is 1. The van der Waals surface area contributed by atoms with E-state index in [1.54, 1.807) is 17.5 Å². The zero-order valence-corrected chi connectivity index (χ0v) is 12.1. The summed E-state index contributed by atoms with van der Waals surface area (Å²) in [5.74, 6) is -0.845. The summed E-state index contributed by atoms with van der Waals surface area (Å²) in [5, 5.41) is 2.54. The summed E-state index contributed by atoms with van der Waals surface area (Å²) < 4.78 is 18.0. The van der Waals surface area contributed by atoms with Gasteiger partial charge in [0.05, 0.1) is 11.9 Å². The van der Waals surface area contributed by atoms with Crippen LogP contribution in [-0.2, 0) is 11.3 Å². The molecule has 2 heterocycles. The number of ether oxygens (including phenoxy) is 1. The second-order valence-corrected chi connectivity index (χ2v) is 5.18. The van der Waals surface area contributed by atoms with Crippen molar-refractivity contribution in [3.63, 3.8) is 0 Å². The van der Waals surface area contributed by atoms with Gasteiger partial charge in [-0.3, -0.25) is 4.98 Å². The molecule has 0 N–H and O–H groups in total. The van der Waals surface area contributed by atoms with Crippen molar-refractivity contribution in [2.45, 2.75) is 6.61 Å². The van der Waals surface area contributed by atoms with Crippen LogP contribution >= 0.6 is 11.3 Å². The van der Waals surface area contributed by atoms with Crippen LogP contribution < -0.4 is 0 Å². The molecule has 3 rings (SSSR count). The van der Waals surface area contributed by atoms with Crippen molar-refractivity contribution in [2.24, 2.45) is 0 Å². The van der Waals surface area contributed by atoms with E-state index in [9.17, 15) is 9.18 Å². The second kappa shape index (κ2) is 6.40. The van der Waals surface area contributed by atoms with E-state index in [0.29, 0.717) is 5.69 Å². The smallest absolute Gasteiger partial charge is 0.358 e. The van der Waals surface area contributed by atoms with Crippen LogP contribution in [-0.4, -0.2) is 20.9 Å². The van der Waals surface area contributed by atoms with E-state index in [1.165, 1.54) is 42.1 Å². The molecule has 0 atom stereocenters. The molecule has 2 aromatic heterocycles. The van der Waals surface area contributed by atoms with E-state index in [1.807, 2.05) is 0 Å². The highest BCUT2D eigenvalue weighted by atomic mass is 32.1. The van der Waals surface area contributed by atoms with Gasteiger partial charge in [0, 0.05) is 23.3 Å². The number of benzene rings is 1. The quantitative estimate of drug-likeness (QED) is 0.692. The summed E-state index contributed by atoms with van der Waals surface area (Å²) in [7, 11) is 0. The van der Waals surface area contributed by atoms with Crippen LogP contribution in [0.3, 0.4) is 0 Å². The molecule has 7 heteroatoms. The van der Waals surface area contributed by atoms with Gasteiger partial charge in [0.25, 0.3) is 0 Å². The van der Waals surface area contributed by atoms with Crippen LogP contribution in [0.4, 0.5) is 4.39 Å². The molecule has 0 aliphatic heterocycles. The van der Waals surface area contributed by atoms with Crippen LogP contribution in [0.15, 0.2) is 48.2 Å². The van der Waals surface area contributed by atoms with Crippen LogP contribution in [0.2, 0.25) is 0 Å². The highest BCUT2D eigenvalue weighted by molar-refractivity contribution is 7.13. The SMILES string of the molecule is O=C(OCc1csc(-c2ccc(F)cc2)n1)c1cnccn1. The molecule has 0 unspecified atom stereocenters. The summed E-state index contributed by atoms with van der Waals surface area (Å²) in [5.41, 5.74) is 1.59. The number of aromatic nitrogens is 3. The van der Waals surface area contributed by atoms with Crippen molar-refractivity contribution in [2.75, 3.05) is 0 Å². The summed E-state index contributed by atoms with van der Waals surface area (Å²) in [6.07, 6.45) is 4.24. The molecular weight excluding hydrogens is 305 g/mol. The number of carbonyl (C=O) groups is 1. The van der Waals surface area contributed by atoms with Gasteiger partial charge in [0.15, 0.2) is 5.69 Å². The monoisotopic (exact) mass is 315 g/mol. The largest absolute Gasteiger partial charge is 0.454 e. The molecule has 0 aliphatic rings. The van der Waals surface area contributed by atoms with Gasteiger partial charge in [-0.2, -0.15) is 0 Å². The Labute approximate surface area is 129 Å². The fourth-order valence-electron chi connectivity index (χ4n) is 1.72. The van der Waals surface area contributed by atoms with E-state index in [-0.39, 0.29) is 18.1 Å². The molecule has 0 spiro atoms. The molecule has 0 saturated carbocycles. The zero-order valence-electron chi connectivity index (χ0n) is 11.3. The Morgan fingerprint density at radius 2 is 2.05 bits per heavy atom. The lowest BCUT2D eigenvalue weighted by Crippen LogP contribution is -2.07. The number of thiazole rings is 1. The van der Waals surface area contributed by atoms with Crippen molar-refractivity contribution in [3.05, 3.63) is 65.4 Å². The fraction of sp³-hybridized carbons (Fsp3) is 0.0667. The average Bonchev–Trinajstić information content (AvgIpc) is 3.03. The Morgan fingerprint density at radius 3 is 2.77 bits per heavy atom. The maximum atomic E-state index is 12.9. The molecule has 110 valence electrons. The fourth-order valence-corrected chi connectivity index (χ4v) is 2.53. The molecule has 0 aliphatic carbocycles. The van der Waals surface area contributed by atoms with Gasteiger partial charge in [-0.05, 0) is 24.3 Å². The van der Waals surface area contributed by atoms with Gasteiger partial charge in [-0.1, -0.05) is 0 Å². The van der Waals surface area contributed by atoms with Crippen LogP contribution in [0.1, 0.15) is 16.2 Å². The highest BCUT2D eigenvalue weighted by Crippen LogP contribution is 2.24. The third-order valence-electron chi connectivity index (χ3n) is 2.77. The minimum absolute atomic E-state index is 0.0487. The maximum absolute atomic E-state index is 12.9. The van der Waals surface area contributed by atoms with E-state index >= 15 is 0 Å². The predicted molar refractivity (Wildman–Crippen MR) is 78.7 cm³/mol. The first-order valence-corrected chi connectivity index (χ1v) is 7.24. The zero-order chi connectivity index (χ0) is 15.4. The van der Waals surface area contributed by atoms with E-state index in [0.717, 1.165) is 10.6 Å². The van der Waals surface area contributed by atoms with Crippen molar-refractivity contribution in [3.8, 4) is 10.6 Å². The number of rotatable bonds is 4. The first-order chi connectivity index (χ1) is 10.7. The Hall–Kier alpha value is -2.67. The van der Waals surface area contributed by atoms with Gasteiger partial charge in [0.1, 0.15) is 17.4 Å². The van der Waals surface area contributed by atoms with Crippen LogP contribution in [0.25, 0.3) is 10.6 Å². The molecule has 1 aromatic carbocycles. The van der Waals surface area contributed by atoms with E-state index in [2.05, 4.69) is 15.0 Å². The summed E-state index contributed by atoms with van der Waals surface area (Å²) in [6.45, 7) is 0.0487. The van der Waals surface area contributed by atoms with Crippen molar-refractivity contribution in [1.82, 2.24) is 15.0 Å². The standard InChI is InChI=1S/C15H10FN3O2S/c16-11-3-1-10(2-4-11)14-19-12(9-22-14)8-21-15(20)13-7-17-5-6-18-13/h1-7,9H,8H2. The number of esters is 1. The molecule has 22 heavy (non-hydrogen) atoms. The van der Waals surface area contributed by atoms with Gasteiger partial charge >= 0.3 is 5.97 Å². The number of nitrogens with zero attached hydrogens (tertiary/aromatic N) is 3. The molecule has 0 radical (unpaired) electrons. The van der Waals surface area contributed by atoms with E-state index < -0.39 is 5.97 Å². The number of hydrogen-bond acceptors (Lipinski definition) is 6. The maximum Gasteiger partial charge on any atom is 0.358 e. The Kier molecular flexibility index (Phi) is 4.15. The van der Waals surface area contributed by atoms with Crippen molar-refractivity contribution >= 4 is 17.3 Å². The van der Waals surface area contributed by atoms with Gasteiger partial charge < -0.3 is 4.74 Å². The third kappa shape index (κ3) is 3.32. The summed E-state index contributed by atoms with van der Waals surface area (Å²) in [6, 6.07) is 6.07. The first kappa shape index (κ1) is 14.3. The molecule has 0 fully saturated rings. The second-order valence-electron chi connectivity index (χ2n) is 4.32. The molecular formula is C15H10FN3O2S. The first-order valence-electron chi connectivity index (χ1n) is 6.36. The van der Waals surface area contributed by atoms with Crippen LogP contribution in [0, 0.1) is 5.82 Å². The topological polar surface area (TPSA) is 65.0 Å². The van der Waals surface area contributed by atoms with Gasteiger partial charge in [-0.15, -0.1) is 11.3 Å². The lowest BCUT2D eigenvalue weighted by Gasteiger charge is -2.01. The Morgan fingerprint density at radius 1 is 1.23 bits per heavy atom. The van der Waals surface area contributed by atoms with Gasteiger partial charge in [0.2, 0.25) is 0 Å². The average molecular weight is 315 g/mol. The predicted octanol–water partition coefficient (Wildman–Crippen LogP) is 3.10. The lowest BCUT2D eigenvalue weighted by atomic mass is 10.2. The lowest BCUT2D eigenvalue weighted by molar-refractivity contribution is 0.0461. The summed E-state index contributed by atoms with van der Waals surface area (Å²) >= 11 is 1.40. The van der Waals surface area contributed by atoms with Crippen molar-refractivity contribution in [1.29, 1.82) is 0 Å². The molecule has 0 saturated heterocycles. The number of hydrogen-bond donors (Lipinski definition) is 0. The Bertz CT molecular complexity index is 775. The molecule has 5 nitrogen and oxygen atoms in total. The number of halogens is 1. The molecule has 3 aromatic rings. The highest BCUT2D eigenvalue weighted by Gasteiger charge is 2.11. The minimum Gasteiger partial charge on any atom is -0.454 e. The molecule has 0 bridgehead atoms. The van der Waals surface area contributed by atoms with E-state index in [4.69, 9.17) is 4.74 Å². The normalized spacial score (nSPS) is 10.4. The van der Waals surface area contributed by atoms with Gasteiger partial charge in [-0.25, -0.2) is 19.2 Å². The van der Waals surface area contributed by atoms with Crippen molar-refractivity contribution < 1.29 is 13.9 Å². The molecule has 0 amide bonds.